The van der Waals surface area contributed by atoms with Crippen LogP contribution in [0.1, 0.15) is 6.42 Å². The standard InChI is InChI=1S/C10H8Cl6O2/c11-6-7(12)9(14)4-2(1-3(17)5(4)18)8(6,13)10(9,15)16/h2-5,17-18H,1H2. The second-order valence-electron chi connectivity index (χ2n) is 5.05. The van der Waals surface area contributed by atoms with Crippen molar-refractivity contribution >= 4 is 69.6 Å². The van der Waals surface area contributed by atoms with Gasteiger partial charge in [-0.05, 0) is 12.3 Å². The number of allylic oxidation sites excluding steroid dienone is 2. The summed E-state index contributed by atoms with van der Waals surface area (Å²) < 4.78 is -1.63. The highest BCUT2D eigenvalue weighted by molar-refractivity contribution is 6.65. The van der Waals surface area contributed by atoms with Gasteiger partial charge in [-0.25, -0.2) is 0 Å². The van der Waals surface area contributed by atoms with Gasteiger partial charge in [0.2, 0.25) is 0 Å². The molecule has 6 atom stereocenters. The zero-order valence-corrected chi connectivity index (χ0v) is 13.2. The third kappa shape index (κ3) is 1.16. The van der Waals surface area contributed by atoms with Crippen LogP contribution in [-0.2, 0) is 0 Å². The van der Waals surface area contributed by atoms with Crippen LogP contribution in [0.3, 0.4) is 0 Å². The molecule has 102 valence electrons. The van der Waals surface area contributed by atoms with E-state index in [1.54, 1.807) is 0 Å². The first-order valence-corrected chi connectivity index (χ1v) is 7.56. The summed E-state index contributed by atoms with van der Waals surface area (Å²) in [6, 6.07) is 0. The fraction of sp³-hybridized carbons (Fsp3) is 0.800. The Labute approximate surface area is 134 Å². The Morgan fingerprint density at radius 1 is 0.944 bits per heavy atom. The van der Waals surface area contributed by atoms with Crippen LogP contribution < -0.4 is 0 Å². The molecular weight excluding hydrogens is 365 g/mol. The van der Waals surface area contributed by atoms with Gasteiger partial charge in [-0.3, -0.25) is 0 Å². The van der Waals surface area contributed by atoms with Gasteiger partial charge in [0, 0.05) is 5.92 Å². The first-order chi connectivity index (χ1) is 8.11. The second-order valence-corrected chi connectivity index (χ2v) is 8.33. The van der Waals surface area contributed by atoms with Crippen LogP contribution in [-0.4, -0.2) is 36.5 Å². The maximum absolute atomic E-state index is 10.1. The predicted molar refractivity (Wildman–Crippen MR) is 73.9 cm³/mol. The molecule has 0 aromatic heterocycles. The lowest BCUT2D eigenvalue weighted by Crippen LogP contribution is -2.48. The Morgan fingerprint density at radius 2 is 1.44 bits per heavy atom. The molecule has 0 spiro atoms. The third-order valence-corrected chi connectivity index (χ3v) is 8.73. The van der Waals surface area contributed by atoms with Crippen molar-refractivity contribution in [3.8, 4) is 0 Å². The van der Waals surface area contributed by atoms with Gasteiger partial charge >= 0.3 is 0 Å². The molecule has 8 heteroatoms. The van der Waals surface area contributed by atoms with Gasteiger partial charge in [-0.15, -0.1) is 23.2 Å². The van der Waals surface area contributed by atoms with Crippen molar-refractivity contribution < 1.29 is 10.2 Å². The van der Waals surface area contributed by atoms with E-state index in [9.17, 15) is 10.2 Å². The van der Waals surface area contributed by atoms with Gasteiger partial charge in [-0.1, -0.05) is 46.4 Å². The maximum Gasteiger partial charge on any atom is 0.166 e. The van der Waals surface area contributed by atoms with E-state index in [2.05, 4.69) is 0 Å². The molecule has 0 aromatic rings. The molecule has 2 nitrogen and oxygen atoms in total. The Kier molecular flexibility index (Phi) is 3.01. The average molecular weight is 373 g/mol. The Balaban J connectivity index is 2.26. The van der Waals surface area contributed by atoms with E-state index in [-0.39, 0.29) is 16.5 Å². The van der Waals surface area contributed by atoms with E-state index < -0.39 is 38.1 Å². The van der Waals surface area contributed by atoms with Crippen LogP contribution in [0.2, 0.25) is 0 Å². The quantitative estimate of drug-likeness (QED) is 0.641. The van der Waals surface area contributed by atoms with Crippen molar-refractivity contribution in [3.63, 3.8) is 0 Å². The molecule has 3 aliphatic rings. The summed E-state index contributed by atoms with van der Waals surface area (Å²) in [5.74, 6) is -1.05. The van der Waals surface area contributed by atoms with Crippen molar-refractivity contribution in [2.45, 2.75) is 32.7 Å². The van der Waals surface area contributed by atoms with Crippen LogP contribution in [0.15, 0.2) is 10.1 Å². The third-order valence-electron chi connectivity index (χ3n) is 4.41. The summed E-state index contributed by atoms with van der Waals surface area (Å²) in [7, 11) is 0. The summed E-state index contributed by atoms with van der Waals surface area (Å²) in [4.78, 5) is -2.85. The first kappa shape index (κ1) is 14.3. The Morgan fingerprint density at radius 3 is 2.00 bits per heavy atom. The summed E-state index contributed by atoms with van der Waals surface area (Å²) in [6.45, 7) is 0. The topological polar surface area (TPSA) is 40.5 Å². The molecule has 2 saturated carbocycles. The summed E-state index contributed by atoms with van der Waals surface area (Å²) >= 11 is 37.9. The predicted octanol–water partition coefficient (Wildman–Crippen LogP) is 3.19. The number of rotatable bonds is 0. The van der Waals surface area contributed by atoms with Gasteiger partial charge < -0.3 is 10.2 Å². The molecule has 3 aliphatic carbocycles. The zero-order valence-electron chi connectivity index (χ0n) is 8.68. The molecule has 18 heavy (non-hydrogen) atoms. The summed E-state index contributed by atoms with van der Waals surface area (Å²) in [6.07, 6.45) is -1.79. The molecule has 6 unspecified atom stereocenters. The first-order valence-electron chi connectivity index (χ1n) is 5.29. The normalized spacial score (nSPS) is 57.3. The minimum absolute atomic E-state index is 0.0558. The van der Waals surface area contributed by atoms with E-state index >= 15 is 0 Å². The highest BCUT2D eigenvalue weighted by Gasteiger charge is 2.84. The fourth-order valence-corrected chi connectivity index (χ4v) is 6.65. The van der Waals surface area contributed by atoms with Crippen molar-refractivity contribution in [1.82, 2.24) is 0 Å². The van der Waals surface area contributed by atoms with Gasteiger partial charge in [0.05, 0.1) is 22.3 Å². The summed E-state index contributed by atoms with van der Waals surface area (Å²) in [5.41, 5.74) is 0. The van der Waals surface area contributed by atoms with Gasteiger partial charge in [0.25, 0.3) is 0 Å². The fourth-order valence-electron chi connectivity index (χ4n) is 3.56. The number of halogens is 6. The maximum atomic E-state index is 10.1. The van der Waals surface area contributed by atoms with Gasteiger partial charge in [-0.2, -0.15) is 0 Å². The van der Waals surface area contributed by atoms with Crippen LogP contribution in [0.4, 0.5) is 0 Å². The summed E-state index contributed by atoms with van der Waals surface area (Å²) in [5, 5.41) is 20.0. The molecule has 2 N–H and O–H groups in total. The minimum atomic E-state index is -1.63. The lowest BCUT2D eigenvalue weighted by molar-refractivity contribution is 0.0148. The number of hydrogen-bond donors (Lipinski definition) is 2. The largest absolute Gasteiger partial charge is 0.390 e. The minimum Gasteiger partial charge on any atom is -0.390 e. The van der Waals surface area contributed by atoms with Crippen LogP contribution >= 0.6 is 69.6 Å². The number of alkyl halides is 4. The van der Waals surface area contributed by atoms with Gasteiger partial charge in [0.15, 0.2) is 4.33 Å². The van der Waals surface area contributed by atoms with E-state index in [0.717, 1.165) is 0 Å². The van der Waals surface area contributed by atoms with Crippen LogP contribution in [0.25, 0.3) is 0 Å². The van der Waals surface area contributed by atoms with Gasteiger partial charge in [0.1, 0.15) is 9.75 Å². The SMILES string of the molecule is OC1CC2C(C1O)C1(Cl)C(Cl)=C(Cl)C2(Cl)C1(Cl)Cl. The van der Waals surface area contributed by atoms with Crippen molar-refractivity contribution in [2.24, 2.45) is 11.8 Å². The molecule has 0 aromatic carbocycles. The monoisotopic (exact) mass is 370 g/mol. The number of fused-ring (bicyclic) bond motifs is 5. The van der Waals surface area contributed by atoms with Crippen molar-refractivity contribution in [2.75, 3.05) is 0 Å². The molecular formula is C10H8Cl6O2. The molecule has 2 fully saturated rings. The second kappa shape index (κ2) is 3.78. The molecule has 0 amide bonds. The van der Waals surface area contributed by atoms with E-state index in [0.29, 0.717) is 0 Å². The van der Waals surface area contributed by atoms with E-state index in [1.165, 1.54) is 0 Å². The molecule has 0 heterocycles. The number of hydrogen-bond acceptors (Lipinski definition) is 2. The lowest BCUT2D eigenvalue weighted by Gasteiger charge is -2.35. The van der Waals surface area contributed by atoms with Crippen LogP contribution in [0, 0.1) is 11.8 Å². The Bertz CT molecular complexity index is 465. The molecule has 0 saturated heterocycles. The smallest absolute Gasteiger partial charge is 0.166 e. The zero-order chi connectivity index (χ0) is 13.7. The average Bonchev–Trinajstić information content (AvgIpc) is 2.69. The highest BCUT2D eigenvalue weighted by Crippen LogP contribution is 2.78. The number of aliphatic hydroxyl groups excluding tert-OH is 2. The highest BCUT2D eigenvalue weighted by atomic mass is 35.5. The molecule has 0 aliphatic heterocycles. The van der Waals surface area contributed by atoms with Crippen molar-refractivity contribution in [3.05, 3.63) is 10.1 Å². The van der Waals surface area contributed by atoms with E-state index in [1.807, 2.05) is 0 Å². The molecule has 0 radical (unpaired) electrons. The Hall–Kier alpha value is 1.40. The lowest BCUT2D eigenvalue weighted by atomic mass is 9.84. The molecule has 3 rings (SSSR count). The van der Waals surface area contributed by atoms with E-state index in [4.69, 9.17) is 69.6 Å². The van der Waals surface area contributed by atoms with Crippen molar-refractivity contribution in [1.29, 1.82) is 0 Å². The number of aliphatic hydroxyl groups is 2. The van der Waals surface area contributed by atoms with Crippen LogP contribution in [0.5, 0.6) is 0 Å². The molecule has 2 bridgehead atoms.